The monoisotopic (exact) mass is 421 g/mol. The molecular weight excluding hydrogens is 406 g/mol. The number of halogens is 1. The molecule has 0 aliphatic heterocycles. The molecule has 0 bridgehead atoms. The van der Waals surface area contributed by atoms with Crippen LogP contribution in [-0.4, -0.2) is 19.3 Å². The molecule has 0 atom stereocenters. The van der Waals surface area contributed by atoms with Crippen molar-refractivity contribution in [2.75, 3.05) is 5.32 Å². The van der Waals surface area contributed by atoms with E-state index in [4.69, 9.17) is 16.7 Å². The van der Waals surface area contributed by atoms with Gasteiger partial charge < -0.3 is 5.32 Å². The number of hydrogen-bond acceptors (Lipinski definition) is 5. The van der Waals surface area contributed by atoms with E-state index in [9.17, 15) is 13.2 Å². The summed E-state index contributed by atoms with van der Waals surface area (Å²) in [6.45, 7) is 1.88. The van der Waals surface area contributed by atoms with Gasteiger partial charge in [-0.25, -0.2) is 18.5 Å². The van der Waals surface area contributed by atoms with E-state index in [0.717, 1.165) is 4.88 Å². The van der Waals surface area contributed by atoms with E-state index in [1.807, 2.05) is 6.92 Å². The molecule has 0 saturated heterocycles. The molecule has 0 radical (unpaired) electrons. The Morgan fingerprint density at radius 2 is 2.00 bits per heavy atom. The van der Waals surface area contributed by atoms with Gasteiger partial charge in [-0.3, -0.25) is 4.79 Å². The molecular formula is C18H16ClN3O3S2. The SMILES string of the molecule is Cc1cnc(-c2ccc(NC(=O)Cc3ccccc3Cl)cc2S(N)(=O)=O)s1. The second-order valence-electron chi connectivity index (χ2n) is 5.85. The Morgan fingerprint density at radius 1 is 1.26 bits per heavy atom. The summed E-state index contributed by atoms with van der Waals surface area (Å²) in [5.74, 6) is -0.318. The lowest BCUT2D eigenvalue weighted by Gasteiger charge is -2.10. The van der Waals surface area contributed by atoms with Crippen LogP contribution in [-0.2, 0) is 21.2 Å². The number of hydrogen-bond donors (Lipinski definition) is 2. The summed E-state index contributed by atoms with van der Waals surface area (Å²) < 4.78 is 24.1. The number of carbonyl (C=O) groups excluding carboxylic acids is 1. The van der Waals surface area contributed by atoms with Gasteiger partial charge in [0.05, 0.1) is 11.3 Å². The van der Waals surface area contributed by atoms with E-state index in [1.54, 1.807) is 42.6 Å². The summed E-state index contributed by atoms with van der Waals surface area (Å²) in [5.41, 5.74) is 1.41. The largest absolute Gasteiger partial charge is 0.326 e. The van der Waals surface area contributed by atoms with E-state index in [2.05, 4.69) is 10.3 Å². The third-order valence-electron chi connectivity index (χ3n) is 3.73. The van der Waals surface area contributed by atoms with Crippen molar-refractivity contribution in [2.45, 2.75) is 18.2 Å². The van der Waals surface area contributed by atoms with E-state index in [-0.39, 0.29) is 17.2 Å². The minimum atomic E-state index is -4.00. The van der Waals surface area contributed by atoms with Gasteiger partial charge in [-0.1, -0.05) is 29.8 Å². The maximum absolute atomic E-state index is 12.3. The quantitative estimate of drug-likeness (QED) is 0.656. The lowest BCUT2D eigenvalue weighted by Crippen LogP contribution is -2.17. The number of thiazole rings is 1. The average molecular weight is 422 g/mol. The number of rotatable bonds is 5. The minimum absolute atomic E-state index is 0.0673. The highest BCUT2D eigenvalue weighted by Gasteiger charge is 2.19. The van der Waals surface area contributed by atoms with Crippen molar-refractivity contribution >= 4 is 44.6 Å². The van der Waals surface area contributed by atoms with Crippen LogP contribution in [0.25, 0.3) is 10.6 Å². The number of carbonyl (C=O) groups is 1. The molecule has 1 heterocycles. The molecule has 0 unspecified atom stereocenters. The highest BCUT2D eigenvalue weighted by molar-refractivity contribution is 7.89. The fourth-order valence-electron chi connectivity index (χ4n) is 2.51. The van der Waals surface area contributed by atoms with Gasteiger partial charge in [0, 0.05) is 27.3 Å². The van der Waals surface area contributed by atoms with Crippen LogP contribution in [0, 0.1) is 6.92 Å². The fraction of sp³-hybridized carbons (Fsp3) is 0.111. The van der Waals surface area contributed by atoms with Gasteiger partial charge in [-0.2, -0.15) is 0 Å². The molecule has 3 N–H and O–H groups in total. The zero-order valence-electron chi connectivity index (χ0n) is 14.3. The first-order valence-corrected chi connectivity index (χ1v) is 10.6. The van der Waals surface area contributed by atoms with Crippen molar-refractivity contribution in [2.24, 2.45) is 5.14 Å². The number of nitrogens with one attached hydrogen (secondary N) is 1. The standard InChI is InChI=1S/C18H16ClN3O3S2/c1-11-10-21-18(26-11)14-7-6-13(9-16(14)27(20,24)25)22-17(23)8-12-4-2-3-5-15(12)19/h2-7,9-10H,8H2,1H3,(H,22,23)(H2,20,24,25). The number of nitrogens with zero attached hydrogens (tertiary/aromatic N) is 1. The Labute approximate surface area is 166 Å². The first-order chi connectivity index (χ1) is 12.7. The average Bonchev–Trinajstić information content (AvgIpc) is 3.02. The normalized spacial score (nSPS) is 11.4. The van der Waals surface area contributed by atoms with E-state index in [0.29, 0.717) is 26.8 Å². The summed E-state index contributed by atoms with van der Waals surface area (Å²) in [4.78, 5) is 17.4. The number of sulfonamides is 1. The summed E-state index contributed by atoms with van der Waals surface area (Å²) in [6.07, 6.45) is 1.73. The van der Waals surface area contributed by atoms with Crippen molar-refractivity contribution in [1.82, 2.24) is 4.98 Å². The number of amides is 1. The summed E-state index contributed by atoms with van der Waals surface area (Å²) >= 11 is 7.43. The molecule has 0 aliphatic rings. The first-order valence-electron chi connectivity index (χ1n) is 7.87. The van der Waals surface area contributed by atoms with Gasteiger partial charge in [-0.05, 0) is 36.8 Å². The topological polar surface area (TPSA) is 102 Å². The third-order valence-corrected chi connectivity index (χ3v) is 6.00. The highest BCUT2D eigenvalue weighted by Crippen LogP contribution is 2.32. The van der Waals surface area contributed by atoms with Gasteiger partial charge in [0.1, 0.15) is 5.01 Å². The summed E-state index contributed by atoms with van der Waals surface area (Å²) in [6, 6.07) is 11.6. The Hall–Kier alpha value is -2.26. The molecule has 2 aromatic carbocycles. The zero-order chi connectivity index (χ0) is 19.6. The van der Waals surface area contributed by atoms with Crippen LogP contribution in [0.1, 0.15) is 10.4 Å². The molecule has 0 spiro atoms. The molecule has 1 amide bonds. The second-order valence-corrected chi connectivity index (χ2v) is 9.02. The molecule has 140 valence electrons. The molecule has 0 fully saturated rings. The smallest absolute Gasteiger partial charge is 0.238 e. The Kier molecular flexibility index (Phi) is 5.61. The van der Waals surface area contributed by atoms with E-state index < -0.39 is 10.0 Å². The Morgan fingerprint density at radius 3 is 2.63 bits per heavy atom. The molecule has 1 aromatic heterocycles. The Balaban J connectivity index is 1.89. The summed E-state index contributed by atoms with van der Waals surface area (Å²) in [5, 5.41) is 9.08. The maximum Gasteiger partial charge on any atom is 0.238 e. The van der Waals surface area contributed by atoms with Crippen LogP contribution in [0.3, 0.4) is 0 Å². The number of benzene rings is 2. The number of primary sulfonamides is 1. The Bertz CT molecular complexity index is 1110. The molecule has 9 heteroatoms. The molecule has 6 nitrogen and oxygen atoms in total. The predicted molar refractivity (Wildman–Crippen MR) is 107 cm³/mol. The summed E-state index contributed by atoms with van der Waals surface area (Å²) in [7, 11) is -4.00. The van der Waals surface area contributed by atoms with Gasteiger partial charge in [0.15, 0.2) is 0 Å². The number of anilines is 1. The van der Waals surface area contributed by atoms with Crippen LogP contribution in [0.5, 0.6) is 0 Å². The number of aryl methyl sites for hydroxylation is 1. The fourth-order valence-corrected chi connectivity index (χ4v) is 4.34. The lowest BCUT2D eigenvalue weighted by atomic mass is 10.1. The van der Waals surface area contributed by atoms with Crippen LogP contribution in [0.15, 0.2) is 53.6 Å². The van der Waals surface area contributed by atoms with Crippen molar-refractivity contribution in [3.05, 3.63) is 64.1 Å². The van der Waals surface area contributed by atoms with E-state index >= 15 is 0 Å². The van der Waals surface area contributed by atoms with E-state index in [1.165, 1.54) is 17.4 Å². The predicted octanol–water partition coefficient (Wildman–Crippen LogP) is 3.60. The van der Waals surface area contributed by atoms with Crippen LogP contribution in [0.2, 0.25) is 5.02 Å². The van der Waals surface area contributed by atoms with Crippen molar-refractivity contribution < 1.29 is 13.2 Å². The second kappa shape index (κ2) is 7.77. The van der Waals surface area contributed by atoms with Gasteiger partial charge in [-0.15, -0.1) is 11.3 Å². The highest BCUT2D eigenvalue weighted by atomic mass is 35.5. The van der Waals surface area contributed by atoms with Crippen molar-refractivity contribution in [3.8, 4) is 10.6 Å². The maximum atomic E-state index is 12.3. The molecule has 0 saturated carbocycles. The van der Waals surface area contributed by atoms with Crippen molar-refractivity contribution in [3.63, 3.8) is 0 Å². The van der Waals surface area contributed by atoms with Crippen LogP contribution in [0.4, 0.5) is 5.69 Å². The van der Waals surface area contributed by atoms with Crippen LogP contribution < -0.4 is 10.5 Å². The molecule has 3 aromatic rings. The zero-order valence-corrected chi connectivity index (χ0v) is 16.7. The number of nitrogens with two attached hydrogens (primary N) is 1. The molecule has 0 aliphatic carbocycles. The minimum Gasteiger partial charge on any atom is -0.326 e. The third kappa shape index (κ3) is 4.72. The first kappa shape index (κ1) is 19.5. The van der Waals surface area contributed by atoms with Gasteiger partial charge in [0.25, 0.3) is 0 Å². The van der Waals surface area contributed by atoms with Crippen molar-refractivity contribution in [1.29, 1.82) is 0 Å². The molecule has 3 rings (SSSR count). The molecule has 27 heavy (non-hydrogen) atoms. The number of aromatic nitrogens is 1. The van der Waals surface area contributed by atoms with Gasteiger partial charge >= 0.3 is 0 Å². The van der Waals surface area contributed by atoms with Crippen LogP contribution >= 0.6 is 22.9 Å². The lowest BCUT2D eigenvalue weighted by molar-refractivity contribution is -0.115. The van der Waals surface area contributed by atoms with Gasteiger partial charge in [0.2, 0.25) is 15.9 Å².